The van der Waals surface area contributed by atoms with E-state index in [0.717, 1.165) is 19.9 Å². The van der Waals surface area contributed by atoms with Crippen LogP contribution in [0.5, 0.6) is 0 Å². The van der Waals surface area contributed by atoms with Crippen molar-refractivity contribution in [3.63, 3.8) is 0 Å². The second kappa shape index (κ2) is 6.63. The van der Waals surface area contributed by atoms with Crippen molar-refractivity contribution in [2.75, 3.05) is 0 Å². The van der Waals surface area contributed by atoms with Crippen molar-refractivity contribution in [1.82, 2.24) is 20.6 Å². The molecule has 0 saturated heterocycles. The number of thiophene rings is 1. The summed E-state index contributed by atoms with van der Waals surface area (Å²) in [6.45, 7) is 0. The van der Waals surface area contributed by atoms with Crippen molar-refractivity contribution in [2.24, 2.45) is 5.10 Å². The third-order valence-electron chi connectivity index (χ3n) is 2.71. The molecular weight excluding hydrogens is 366 g/mol. The van der Waals surface area contributed by atoms with E-state index in [0.29, 0.717) is 0 Å². The standard InChI is InChI=1S/C14H10BrN5OS/c15-13-4-3-12(22-13)10-6-11(19-18-10)14(21)20-17-8-9-2-1-5-16-7-9/h1-8H,(H,18,19)(H,20,21)/b17-8-. The number of hydrogen-bond acceptors (Lipinski definition) is 5. The lowest BCUT2D eigenvalue weighted by Gasteiger charge is -1.94. The minimum Gasteiger partial charge on any atom is -0.276 e. The van der Waals surface area contributed by atoms with Crippen LogP contribution < -0.4 is 5.43 Å². The van der Waals surface area contributed by atoms with Crippen molar-refractivity contribution in [1.29, 1.82) is 0 Å². The van der Waals surface area contributed by atoms with Crippen LogP contribution in [0, 0.1) is 0 Å². The molecule has 0 aromatic carbocycles. The number of hydrazone groups is 1. The molecule has 3 aromatic rings. The zero-order chi connectivity index (χ0) is 15.4. The Bertz CT molecular complexity index is 812. The maximum Gasteiger partial charge on any atom is 0.291 e. The molecule has 6 nitrogen and oxygen atoms in total. The Hall–Kier alpha value is -2.32. The second-order valence-electron chi connectivity index (χ2n) is 4.26. The van der Waals surface area contributed by atoms with Gasteiger partial charge >= 0.3 is 0 Å². The largest absolute Gasteiger partial charge is 0.291 e. The fourth-order valence-electron chi connectivity index (χ4n) is 1.70. The van der Waals surface area contributed by atoms with E-state index in [1.54, 1.807) is 35.9 Å². The molecule has 0 aliphatic rings. The van der Waals surface area contributed by atoms with Crippen LogP contribution in [-0.2, 0) is 0 Å². The summed E-state index contributed by atoms with van der Waals surface area (Å²) in [4.78, 5) is 16.9. The molecule has 0 aliphatic carbocycles. The number of pyridine rings is 1. The van der Waals surface area contributed by atoms with E-state index in [2.05, 4.69) is 41.6 Å². The Morgan fingerprint density at radius 2 is 2.32 bits per heavy atom. The Morgan fingerprint density at radius 3 is 3.05 bits per heavy atom. The first kappa shape index (κ1) is 14.6. The molecule has 1 amide bonds. The van der Waals surface area contributed by atoms with Gasteiger partial charge in [-0.25, -0.2) is 5.43 Å². The molecule has 0 unspecified atom stereocenters. The zero-order valence-corrected chi connectivity index (χ0v) is 13.6. The summed E-state index contributed by atoms with van der Waals surface area (Å²) < 4.78 is 1.02. The fraction of sp³-hybridized carbons (Fsp3) is 0. The minimum atomic E-state index is -0.377. The molecule has 3 heterocycles. The van der Waals surface area contributed by atoms with Crippen LogP contribution in [0.3, 0.4) is 0 Å². The topological polar surface area (TPSA) is 83.0 Å². The molecular formula is C14H10BrN5OS. The van der Waals surface area contributed by atoms with E-state index in [-0.39, 0.29) is 11.6 Å². The van der Waals surface area contributed by atoms with Gasteiger partial charge < -0.3 is 0 Å². The van der Waals surface area contributed by atoms with E-state index in [9.17, 15) is 4.79 Å². The lowest BCUT2D eigenvalue weighted by Crippen LogP contribution is -2.18. The Kier molecular flexibility index (Phi) is 4.40. The smallest absolute Gasteiger partial charge is 0.276 e. The molecule has 22 heavy (non-hydrogen) atoms. The Balaban J connectivity index is 1.66. The third kappa shape index (κ3) is 3.46. The van der Waals surface area contributed by atoms with Crippen molar-refractivity contribution in [3.8, 4) is 10.6 Å². The van der Waals surface area contributed by atoms with E-state index in [1.807, 2.05) is 18.2 Å². The molecule has 0 radical (unpaired) electrons. The van der Waals surface area contributed by atoms with Crippen LogP contribution in [0.25, 0.3) is 10.6 Å². The van der Waals surface area contributed by atoms with E-state index in [1.165, 1.54) is 6.21 Å². The van der Waals surface area contributed by atoms with Crippen LogP contribution in [0.1, 0.15) is 16.1 Å². The van der Waals surface area contributed by atoms with Crippen molar-refractivity contribution in [2.45, 2.75) is 0 Å². The number of nitrogens with zero attached hydrogens (tertiary/aromatic N) is 3. The number of nitrogens with one attached hydrogen (secondary N) is 2. The van der Waals surface area contributed by atoms with Gasteiger partial charge in [0, 0.05) is 18.0 Å². The highest BCUT2D eigenvalue weighted by Gasteiger charge is 2.11. The summed E-state index contributed by atoms with van der Waals surface area (Å²) in [7, 11) is 0. The molecule has 0 bridgehead atoms. The van der Waals surface area contributed by atoms with Gasteiger partial charge in [-0.15, -0.1) is 11.3 Å². The number of hydrogen-bond donors (Lipinski definition) is 2. The van der Waals surface area contributed by atoms with Crippen LogP contribution in [0.4, 0.5) is 0 Å². The first-order valence-corrected chi connectivity index (χ1v) is 7.88. The normalized spacial score (nSPS) is 11.0. The van der Waals surface area contributed by atoms with Crippen LogP contribution >= 0.6 is 27.3 Å². The number of aromatic nitrogens is 3. The Labute approximate surface area is 138 Å². The summed E-state index contributed by atoms with van der Waals surface area (Å²) >= 11 is 4.96. The van der Waals surface area contributed by atoms with Gasteiger partial charge in [-0.05, 0) is 40.2 Å². The monoisotopic (exact) mass is 375 g/mol. The minimum absolute atomic E-state index is 0.280. The molecule has 0 fully saturated rings. The van der Waals surface area contributed by atoms with E-state index >= 15 is 0 Å². The van der Waals surface area contributed by atoms with Gasteiger partial charge in [0.1, 0.15) is 0 Å². The predicted molar refractivity (Wildman–Crippen MR) is 88.9 cm³/mol. The van der Waals surface area contributed by atoms with Gasteiger partial charge in [-0.1, -0.05) is 6.07 Å². The van der Waals surface area contributed by atoms with Gasteiger partial charge in [-0.3, -0.25) is 14.9 Å². The maximum absolute atomic E-state index is 12.0. The molecule has 3 rings (SSSR count). The molecule has 0 aliphatic heterocycles. The number of rotatable bonds is 4. The van der Waals surface area contributed by atoms with Crippen LogP contribution in [-0.4, -0.2) is 27.3 Å². The maximum atomic E-state index is 12.0. The van der Waals surface area contributed by atoms with Gasteiger partial charge in [0.15, 0.2) is 5.69 Å². The summed E-state index contributed by atoms with van der Waals surface area (Å²) in [6, 6.07) is 9.21. The van der Waals surface area contributed by atoms with Crippen molar-refractivity contribution < 1.29 is 4.79 Å². The molecule has 2 N–H and O–H groups in total. The van der Waals surface area contributed by atoms with E-state index in [4.69, 9.17) is 0 Å². The first-order chi connectivity index (χ1) is 10.7. The number of H-pyrrole nitrogens is 1. The van der Waals surface area contributed by atoms with Crippen molar-refractivity contribution >= 4 is 39.4 Å². The predicted octanol–water partition coefficient (Wildman–Crippen LogP) is 3.06. The second-order valence-corrected chi connectivity index (χ2v) is 6.72. The van der Waals surface area contributed by atoms with Gasteiger partial charge in [0.2, 0.25) is 0 Å². The number of aromatic amines is 1. The van der Waals surface area contributed by atoms with Gasteiger partial charge in [0.05, 0.1) is 20.6 Å². The Morgan fingerprint density at radius 1 is 1.41 bits per heavy atom. The average molecular weight is 376 g/mol. The lowest BCUT2D eigenvalue weighted by atomic mass is 10.3. The summed E-state index contributed by atoms with van der Waals surface area (Å²) in [6.07, 6.45) is 4.84. The molecule has 0 atom stereocenters. The highest BCUT2D eigenvalue weighted by atomic mass is 79.9. The summed E-state index contributed by atoms with van der Waals surface area (Å²) in [5, 5.41) is 10.7. The number of carbonyl (C=O) groups excluding carboxylic acids is 1. The zero-order valence-electron chi connectivity index (χ0n) is 11.2. The van der Waals surface area contributed by atoms with Crippen LogP contribution in [0.15, 0.2) is 51.6 Å². The third-order valence-corrected chi connectivity index (χ3v) is 4.37. The van der Waals surface area contributed by atoms with Gasteiger partial charge in [0.25, 0.3) is 5.91 Å². The molecule has 110 valence electrons. The first-order valence-electron chi connectivity index (χ1n) is 6.27. The molecule has 0 saturated carbocycles. The van der Waals surface area contributed by atoms with E-state index < -0.39 is 0 Å². The van der Waals surface area contributed by atoms with Gasteiger partial charge in [-0.2, -0.15) is 10.2 Å². The fourth-order valence-corrected chi connectivity index (χ4v) is 3.05. The highest BCUT2D eigenvalue weighted by molar-refractivity contribution is 9.11. The summed E-state index contributed by atoms with van der Waals surface area (Å²) in [5.41, 5.74) is 4.30. The van der Waals surface area contributed by atoms with Crippen LogP contribution in [0.2, 0.25) is 0 Å². The molecule has 3 aromatic heterocycles. The SMILES string of the molecule is O=C(N/N=C\c1cccnc1)c1cc(-c2ccc(Br)s2)[nH]n1. The highest BCUT2D eigenvalue weighted by Crippen LogP contribution is 2.30. The summed E-state index contributed by atoms with van der Waals surface area (Å²) in [5.74, 6) is -0.377. The average Bonchev–Trinajstić information content (AvgIpc) is 3.17. The number of carbonyl (C=O) groups is 1. The molecule has 8 heteroatoms. The molecule has 0 spiro atoms. The number of halogens is 1. The quantitative estimate of drug-likeness (QED) is 0.542. The van der Waals surface area contributed by atoms with Crippen molar-refractivity contribution in [3.05, 3.63) is 57.8 Å². The lowest BCUT2D eigenvalue weighted by molar-refractivity contribution is 0.0950. The number of amides is 1.